The molecule has 1 aromatic carbocycles. The van der Waals surface area contributed by atoms with E-state index in [0.717, 1.165) is 24.5 Å². The SMILES string of the molecule is CSc1ccc(CN2CCC[C@@H]2c2cc(C)on2)cc1. The molecule has 1 aliphatic heterocycles. The Morgan fingerprint density at radius 3 is 2.80 bits per heavy atom. The first-order valence-corrected chi connectivity index (χ1v) is 8.29. The lowest BCUT2D eigenvalue weighted by molar-refractivity contribution is 0.236. The predicted octanol–water partition coefficient (Wildman–Crippen LogP) is 4.04. The summed E-state index contributed by atoms with van der Waals surface area (Å²) in [6.45, 7) is 4.09. The highest BCUT2D eigenvalue weighted by Gasteiger charge is 2.28. The fourth-order valence-electron chi connectivity index (χ4n) is 2.86. The molecule has 1 aliphatic rings. The van der Waals surface area contributed by atoms with Gasteiger partial charge >= 0.3 is 0 Å². The topological polar surface area (TPSA) is 29.3 Å². The van der Waals surface area contributed by atoms with Crippen LogP contribution in [-0.4, -0.2) is 22.9 Å². The standard InChI is InChI=1S/C16H20N2OS/c1-12-10-15(17-19-12)16-4-3-9-18(16)11-13-5-7-14(20-2)8-6-13/h5-8,10,16H,3-4,9,11H2,1-2H3/t16-/m1/s1. The second-order valence-electron chi connectivity index (χ2n) is 5.34. The van der Waals surface area contributed by atoms with E-state index in [4.69, 9.17) is 4.52 Å². The molecule has 1 atom stereocenters. The smallest absolute Gasteiger partial charge is 0.133 e. The maximum absolute atomic E-state index is 5.23. The summed E-state index contributed by atoms with van der Waals surface area (Å²) in [6, 6.07) is 11.3. The van der Waals surface area contributed by atoms with Gasteiger partial charge in [0.15, 0.2) is 0 Å². The highest BCUT2D eigenvalue weighted by molar-refractivity contribution is 7.98. The van der Waals surface area contributed by atoms with Gasteiger partial charge in [0.25, 0.3) is 0 Å². The highest BCUT2D eigenvalue weighted by atomic mass is 32.2. The monoisotopic (exact) mass is 288 g/mol. The summed E-state index contributed by atoms with van der Waals surface area (Å²) in [5.74, 6) is 0.899. The molecule has 1 saturated heterocycles. The fraction of sp³-hybridized carbons (Fsp3) is 0.438. The first-order chi connectivity index (χ1) is 9.76. The zero-order valence-corrected chi connectivity index (χ0v) is 12.8. The van der Waals surface area contributed by atoms with Gasteiger partial charge in [0.1, 0.15) is 11.5 Å². The Hall–Kier alpha value is -1.26. The number of hydrogen-bond donors (Lipinski definition) is 0. The van der Waals surface area contributed by atoms with Gasteiger partial charge in [-0.3, -0.25) is 4.90 Å². The molecule has 0 amide bonds. The van der Waals surface area contributed by atoms with Crippen molar-refractivity contribution in [2.24, 2.45) is 0 Å². The quantitative estimate of drug-likeness (QED) is 0.794. The Kier molecular flexibility index (Phi) is 4.13. The van der Waals surface area contributed by atoms with Crippen molar-refractivity contribution in [1.29, 1.82) is 0 Å². The van der Waals surface area contributed by atoms with Gasteiger partial charge in [-0.05, 0) is 50.3 Å². The van der Waals surface area contributed by atoms with Crippen molar-refractivity contribution < 1.29 is 4.52 Å². The van der Waals surface area contributed by atoms with E-state index >= 15 is 0 Å². The van der Waals surface area contributed by atoms with E-state index in [1.807, 2.05) is 6.92 Å². The van der Waals surface area contributed by atoms with E-state index < -0.39 is 0 Å². The van der Waals surface area contributed by atoms with E-state index in [0.29, 0.717) is 6.04 Å². The second kappa shape index (κ2) is 6.02. The molecule has 2 heterocycles. The minimum Gasteiger partial charge on any atom is -0.361 e. The van der Waals surface area contributed by atoms with E-state index in [1.165, 1.54) is 23.3 Å². The third kappa shape index (κ3) is 2.91. The molecule has 0 unspecified atom stereocenters. The molecular formula is C16H20N2OS. The van der Waals surface area contributed by atoms with Crippen LogP contribution < -0.4 is 0 Å². The number of rotatable bonds is 4. The number of hydrogen-bond acceptors (Lipinski definition) is 4. The van der Waals surface area contributed by atoms with E-state index in [1.54, 1.807) is 11.8 Å². The molecular weight excluding hydrogens is 268 g/mol. The average Bonchev–Trinajstić information content (AvgIpc) is 3.08. The summed E-state index contributed by atoms with van der Waals surface area (Å²) in [5.41, 5.74) is 2.45. The number of aryl methyl sites for hydroxylation is 1. The Labute approximate surface area is 124 Å². The summed E-state index contributed by atoms with van der Waals surface area (Å²) in [5, 5.41) is 4.20. The zero-order valence-electron chi connectivity index (χ0n) is 12.0. The van der Waals surface area contributed by atoms with Gasteiger partial charge in [-0.25, -0.2) is 0 Å². The lowest BCUT2D eigenvalue weighted by atomic mass is 10.1. The van der Waals surface area contributed by atoms with Crippen molar-refractivity contribution in [3.8, 4) is 0 Å². The van der Waals surface area contributed by atoms with Gasteiger partial charge in [0.05, 0.1) is 6.04 Å². The van der Waals surface area contributed by atoms with Gasteiger partial charge in [0.2, 0.25) is 0 Å². The van der Waals surface area contributed by atoms with Gasteiger partial charge in [0, 0.05) is 17.5 Å². The van der Waals surface area contributed by atoms with Crippen molar-refractivity contribution in [2.75, 3.05) is 12.8 Å². The van der Waals surface area contributed by atoms with E-state index in [2.05, 4.69) is 46.6 Å². The van der Waals surface area contributed by atoms with Crippen molar-refractivity contribution in [3.05, 3.63) is 47.3 Å². The first kappa shape index (κ1) is 13.7. The maximum Gasteiger partial charge on any atom is 0.133 e. The molecule has 1 fully saturated rings. The van der Waals surface area contributed by atoms with Crippen LogP contribution in [0.2, 0.25) is 0 Å². The van der Waals surface area contributed by atoms with Crippen LogP contribution in [-0.2, 0) is 6.54 Å². The lowest BCUT2D eigenvalue weighted by Gasteiger charge is -2.22. The van der Waals surface area contributed by atoms with E-state index in [-0.39, 0.29) is 0 Å². The fourth-order valence-corrected chi connectivity index (χ4v) is 3.27. The molecule has 2 aromatic rings. The van der Waals surface area contributed by atoms with Gasteiger partial charge < -0.3 is 4.52 Å². The van der Waals surface area contributed by atoms with E-state index in [9.17, 15) is 0 Å². The Balaban J connectivity index is 1.72. The number of thioether (sulfide) groups is 1. The molecule has 0 radical (unpaired) electrons. The Bertz CT molecular complexity index is 564. The van der Waals surface area contributed by atoms with Crippen LogP contribution in [0.3, 0.4) is 0 Å². The molecule has 106 valence electrons. The van der Waals surface area contributed by atoms with Crippen molar-refractivity contribution in [3.63, 3.8) is 0 Å². The van der Waals surface area contributed by atoms with Crippen molar-refractivity contribution >= 4 is 11.8 Å². The normalized spacial score (nSPS) is 19.6. The minimum atomic E-state index is 0.410. The van der Waals surface area contributed by atoms with Crippen LogP contribution >= 0.6 is 11.8 Å². The Morgan fingerprint density at radius 2 is 2.15 bits per heavy atom. The number of likely N-dealkylation sites (tertiary alicyclic amines) is 1. The molecule has 20 heavy (non-hydrogen) atoms. The summed E-state index contributed by atoms with van der Waals surface area (Å²) in [6.07, 6.45) is 4.52. The third-order valence-corrected chi connectivity index (χ3v) is 4.64. The second-order valence-corrected chi connectivity index (χ2v) is 6.22. The summed E-state index contributed by atoms with van der Waals surface area (Å²) < 4.78 is 5.23. The molecule has 0 N–H and O–H groups in total. The largest absolute Gasteiger partial charge is 0.361 e. The molecule has 3 nitrogen and oxygen atoms in total. The molecule has 4 heteroatoms. The van der Waals surface area contributed by atoms with Gasteiger partial charge in [-0.1, -0.05) is 17.3 Å². The molecule has 1 aromatic heterocycles. The minimum absolute atomic E-state index is 0.410. The predicted molar refractivity (Wildman–Crippen MR) is 81.8 cm³/mol. The van der Waals surface area contributed by atoms with Crippen LogP contribution in [0.25, 0.3) is 0 Å². The van der Waals surface area contributed by atoms with Gasteiger partial charge in [-0.2, -0.15) is 0 Å². The summed E-state index contributed by atoms with van der Waals surface area (Å²) >= 11 is 1.78. The molecule has 0 saturated carbocycles. The number of benzene rings is 1. The summed E-state index contributed by atoms with van der Waals surface area (Å²) in [7, 11) is 0. The van der Waals surface area contributed by atoms with Crippen LogP contribution in [0.1, 0.15) is 35.9 Å². The highest BCUT2D eigenvalue weighted by Crippen LogP contribution is 2.32. The zero-order chi connectivity index (χ0) is 13.9. The van der Waals surface area contributed by atoms with Crippen LogP contribution in [0.5, 0.6) is 0 Å². The molecule has 0 aliphatic carbocycles. The third-order valence-electron chi connectivity index (χ3n) is 3.90. The van der Waals surface area contributed by atoms with Crippen molar-refractivity contribution in [1.82, 2.24) is 10.1 Å². The summed E-state index contributed by atoms with van der Waals surface area (Å²) in [4.78, 5) is 3.82. The van der Waals surface area contributed by atoms with Crippen molar-refractivity contribution in [2.45, 2.75) is 37.2 Å². The first-order valence-electron chi connectivity index (χ1n) is 7.06. The number of aromatic nitrogens is 1. The lowest BCUT2D eigenvalue weighted by Crippen LogP contribution is -2.22. The molecule has 3 rings (SSSR count). The Morgan fingerprint density at radius 1 is 1.35 bits per heavy atom. The van der Waals surface area contributed by atoms with Crippen LogP contribution in [0.15, 0.2) is 39.8 Å². The number of nitrogens with zero attached hydrogens (tertiary/aromatic N) is 2. The van der Waals surface area contributed by atoms with Crippen LogP contribution in [0, 0.1) is 6.92 Å². The van der Waals surface area contributed by atoms with Gasteiger partial charge in [-0.15, -0.1) is 11.8 Å². The molecule has 0 bridgehead atoms. The molecule has 0 spiro atoms. The maximum atomic E-state index is 5.23. The van der Waals surface area contributed by atoms with Crippen LogP contribution in [0.4, 0.5) is 0 Å². The average molecular weight is 288 g/mol.